The Hall–Kier alpha value is -2.54. The molecule has 0 bridgehead atoms. The van der Waals surface area contributed by atoms with E-state index < -0.39 is 5.97 Å². The van der Waals surface area contributed by atoms with Crippen molar-refractivity contribution in [2.24, 2.45) is 0 Å². The molecule has 0 saturated heterocycles. The number of nitrogens with zero attached hydrogens (tertiary/aromatic N) is 3. The predicted molar refractivity (Wildman–Crippen MR) is 89.3 cm³/mol. The summed E-state index contributed by atoms with van der Waals surface area (Å²) in [5.74, 6) is -0.971. The van der Waals surface area contributed by atoms with Gasteiger partial charge in [-0.1, -0.05) is 33.3 Å². The molecular weight excluding hydrogens is 377 g/mol. The van der Waals surface area contributed by atoms with Crippen LogP contribution in [0.2, 0.25) is 0 Å². The van der Waals surface area contributed by atoms with Crippen LogP contribution in [0.4, 0.5) is 4.39 Å². The van der Waals surface area contributed by atoms with Gasteiger partial charge in [-0.25, -0.2) is 13.9 Å². The summed E-state index contributed by atoms with van der Waals surface area (Å²) >= 11 is 3.37. The largest absolute Gasteiger partial charge is 0.456 e. The Balaban J connectivity index is 1.75. The number of aromatic nitrogens is 3. The topological polar surface area (TPSA) is 57.0 Å². The minimum absolute atomic E-state index is 0.0266. The van der Waals surface area contributed by atoms with Crippen LogP contribution in [0.5, 0.6) is 0 Å². The molecule has 0 aliphatic rings. The highest BCUT2D eigenvalue weighted by Gasteiger charge is 2.18. The molecule has 0 amide bonds. The van der Waals surface area contributed by atoms with Gasteiger partial charge in [-0.3, -0.25) is 0 Å². The van der Waals surface area contributed by atoms with Gasteiger partial charge in [0, 0.05) is 4.47 Å². The van der Waals surface area contributed by atoms with E-state index in [2.05, 4.69) is 26.2 Å². The molecule has 0 aliphatic heterocycles. The van der Waals surface area contributed by atoms with Crippen LogP contribution in [0.1, 0.15) is 21.7 Å². The summed E-state index contributed by atoms with van der Waals surface area (Å²) in [4.78, 5) is 12.2. The molecule has 3 aromatic rings. The SMILES string of the molecule is Cc1c(C(=O)OCc2cccc(F)c2)nnn1-c1ccc(Br)cc1. The number of hydrogen-bond acceptors (Lipinski definition) is 4. The molecule has 0 spiro atoms. The van der Waals surface area contributed by atoms with Crippen molar-refractivity contribution in [1.82, 2.24) is 15.0 Å². The highest BCUT2D eigenvalue weighted by atomic mass is 79.9. The van der Waals surface area contributed by atoms with Crippen molar-refractivity contribution < 1.29 is 13.9 Å². The quantitative estimate of drug-likeness (QED) is 0.636. The van der Waals surface area contributed by atoms with Crippen molar-refractivity contribution in [1.29, 1.82) is 0 Å². The summed E-state index contributed by atoms with van der Waals surface area (Å²) in [6, 6.07) is 13.4. The van der Waals surface area contributed by atoms with Crippen molar-refractivity contribution in [2.75, 3.05) is 0 Å². The van der Waals surface area contributed by atoms with Crippen molar-refractivity contribution in [3.63, 3.8) is 0 Å². The molecule has 0 radical (unpaired) electrons. The van der Waals surface area contributed by atoms with E-state index in [1.165, 1.54) is 12.1 Å². The summed E-state index contributed by atoms with van der Waals surface area (Å²) in [5.41, 5.74) is 2.06. The first-order valence-corrected chi connectivity index (χ1v) is 7.93. The molecule has 0 fully saturated rings. The normalized spacial score (nSPS) is 10.6. The fourth-order valence-corrected chi connectivity index (χ4v) is 2.45. The average Bonchev–Trinajstić information content (AvgIpc) is 2.95. The summed E-state index contributed by atoms with van der Waals surface area (Å²) < 4.78 is 20.8. The second kappa shape index (κ2) is 6.92. The molecule has 0 saturated carbocycles. The standard InChI is InChI=1S/C17H13BrFN3O2/c1-11-16(17(23)24-10-12-3-2-4-14(19)9-12)20-21-22(11)15-7-5-13(18)6-8-15/h2-9H,10H2,1H3. The molecule has 0 N–H and O–H groups in total. The Morgan fingerprint density at radius 2 is 2.00 bits per heavy atom. The van der Waals surface area contributed by atoms with Gasteiger partial charge in [0.2, 0.25) is 0 Å². The van der Waals surface area contributed by atoms with Gasteiger partial charge in [0.05, 0.1) is 11.4 Å². The summed E-state index contributed by atoms with van der Waals surface area (Å²) in [6.45, 7) is 1.71. The van der Waals surface area contributed by atoms with Crippen LogP contribution in [0, 0.1) is 12.7 Å². The maximum absolute atomic E-state index is 13.1. The Morgan fingerprint density at radius 3 is 2.71 bits per heavy atom. The van der Waals surface area contributed by atoms with Crippen LogP contribution in [0.15, 0.2) is 53.0 Å². The van der Waals surface area contributed by atoms with Crippen LogP contribution in [0.25, 0.3) is 5.69 Å². The second-order valence-electron chi connectivity index (χ2n) is 5.12. The number of benzene rings is 2. The van der Waals surface area contributed by atoms with E-state index in [1.807, 2.05) is 24.3 Å². The van der Waals surface area contributed by atoms with Crippen LogP contribution in [-0.2, 0) is 11.3 Å². The molecule has 5 nitrogen and oxygen atoms in total. The molecule has 24 heavy (non-hydrogen) atoms. The molecule has 0 unspecified atom stereocenters. The van der Waals surface area contributed by atoms with Crippen molar-refractivity contribution in [2.45, 2.75) is 13.5 Å². The minimum atomic E-state index is -0.597. The third kappa shape index (κ3) is 3.51. The zero-order valence-corrected chi connectivity index (χ0v) is 14.3. The zero-order chi connectivity index (χ0) is 17.1. The lowest BCUT2D eigenvalue weighted by Crippen LogP contribution is -2.08. The molecule has 3 rings (SSSR count). The van der Waals surface area contributed by atoms with E-state index in [1.54, 1.807) is 23.7 Å². The fourth-order valence-electron chi connectivity index (χ4n) is 2.19. The van der Waals surface area contributed by atoms with Gasteiger partial charge in [0.1, 0.15) is 12.4 Å². The predicted octanol–water partition coefficient (Wildman–Crippen LogP) is 3.83. The Labute approximate surface area is 146 Å². The van der Waals surface area contributed by atoms with Gasteiger partial charge in [0.15, 0.2) is 5.69 Å². The van der Waals surface area contributed by atoms with Crippen LogP contribution >= 0.6 is 15.9 Å². The number of hydrogen-bond donors (Lipinski definition) is 0. The van der Waals surface area contributed by atoms with E-state index in [0.717, 1.165) is 10.2 Å². The third-order valence-electron chi connectivity index (χ3n) is 3.42. The molecule has 7 heteroatoms. The average molecular weight is 390 g/mol. The molecule has 0 aliphatic carbocycles. The first-order valence-electron chi connectivity index (χ1n) is 7.14. The highest BCUT2D eigenvalue weighted by molar-refractivity contribution is 9.10. The van der Waals surface area contributed by atoms with Gasteiger partial charge < -0.3 is 4.74 Å². The fraction of sp³-hybridized carbons (Fsp3) is 0.118. The molecular formula is C17H13BrFN3O2. The van der Waals surface area contributed by atoms with Crippen molar-refractivity contribution in [3.05, 3.63) is 75.8 Å². The monoisotopic (exact) mass is 389 g/mol. The number of halogens is 2. The molecule has 122 valence electrons. The minimum Gasteiger partial charge on any atom is -0.456 e. The molecule has 0 atom stereocenters. The lowest BCUT2D eigenvalue weighted by atomic mass is 10.2. The lowest BCUT2D eigenvalue weighted by Gasteiger charge is -2.05. The summed E-state index contributed by atoms with van der Waals surface area (Å²) in [7, 11) is 0. The maximum atomic E-state index is 13.1. The van der Waals surface area contributed by atoms with Crippen LogP contribution in [-0.4, -0.2) is 21.0 Å². The summed E-state index contributed by atoms with van der Waals surface area (Å²) in [5, 5.41) is 7.89. The smallest absolute Gasteiger partial charge is 0.361 e. The number of rotatable bonds is 4. The summed E-state index contributed by atoms with van der Waals surface area (Å²) in [6.07, 6.45) is 0. The molecule has 1 aromatic heterocycles. The number of carbonyl (C=O) groups is 1. The number of ether oxygens (including phenoxy) is 1. The first kappa shape index (κ1) is 16.3. The Kier molecular flexibility index (Phi) is 4.71. The maximum Gasteiger partial charge on any atom is 0.361 e. The van der Waals surface area contributed by atoms with Crippen molar-refractivity contribution in [3.8, 4) is 5.69 Å². The van der Waals surface area contributed by atoms with E-state index in [9.17, 15) is 9.18 Å². The van der Waals surface area contributed by atoms with Gasteiger partial charge in [-0.2, -0.15) is 0 Å². The van der Waals surface area contributed by atoms with E-state index in [0.29, 0.717) is 11.3 Å². The van der Waals surface area contributed by atoms with Gasteiger partial charge in [0.25, 0.3) is 0 Å². The van der Waals surface area contributed by atoms with E-state index in [-0.39, 0.29) is 18.1 Å². The van der Waals surface area contributed by atoms with Crippen LogP contribution in [0.3, 0.4) is 0 Å². The lowest BCUT2D eigenvalue weighted by molar-refractivity contribution is 0.0464. The highest BCUT2D eigenvalue weighted by Crippen LogP contribution is 2.17. The van der Waals surface area contributed by atoms with Crippen LogP contribution < -0.4 is 0 Å². The van der Waals surface area contributed by atoms with E-state index >= 15 is 0 Å². The van der Waals surface area contributed by atoms with Gasteiger partial charge >= 0.3 is 5.97 Å². The second-order valence-corrected chi connectivity index (χ2v) is 6.03. The van der Waals surface area contributed by atoms with Gasteiger partial charge in [-0.05, 0) is 48.9 Å². The molecule has 1 heterocycles. The molecule has 2 aromatic carbocycles. The van der Waals surface area contributed by atoms with E-state index in [4.69, 9.17) is 4.74 Å². The van der Waals surface area contributed by atoms with Gasteiger partial charge in [-0.15, -0.1) is 5.10 Å². The first-order chi connectivity index (χ1) is 11.5. The third-order valence-corrected chi connectivity index (χ3v) is 3.95. The zero-order valence-electron chi connectivity index (χ0n) is 12.7. The number of esters is 1. The Bertz CT molecular complexity index is 878. The van der Waals surface area contributed by atoms with Crippen molar-refractivity contribution >= 4 is 21.9 Å². The number of carbonyl (C=O) groups excluding carboxylic acids is 1. The Morgan fingerprint density at radius 1 is 1.25 bits per heavy atom.